The molecule has 0 radical (unpaired) electrons. The van der Waals surface area contributed by atoms with Gasteiger partial charge in [0.2, 0.25) is 0 Å². The second-order valence-corrected chi connectivity index (χ2v) is 6.22. The first kappa shape index (κ1) is 13.5. The Kier molecular flexibility index (Phi) is 4.35. The molecule has 18 heavy (non-hydrogen) atoms. The van der Waals surface area contributed by atoms with Crippen molar-refractivity contribution in [2.24, 2.45) is 5.92 Å². The van der Waals surface area contributed by atoms with Crippen molar-refractivity contribution in [3.05, 3.63) is 15.6 Å². The molecule has 4 nitrogen and oxygen atoms in total. The number of aliphatic hydroxyl groups excluding tert-OH is 1. The van der Waals surface area contributed by atoms with E-state index in [0.717, 1.165) is 41.3 Å². The van der Waals surface area contributed by atoms with Gasteiger partial charge in [0.15, 0.2) is 0 Å². The van der Waals surface area contributed by atoms with Crippen molar-refractivity contribution in [2.75, 3.05) is 6.61 Å². The van der Waals surface area contributed by atoms with E-state index in [4.69, 9.17) is 5.11 Å². The number of rotatable bonds is 3. The van der Waals surface area contributed by atoms with Crippen LogP contribution in [0.2, 0.25) is 0 Å². The third kappa shape index (κ3) is 3.09. The summed E-state index contributed by atoms with van der Waals surface area (Å²) in [5.41, 5.74) is 0.819. The molecule has 0 unspecified atom stereocenters. The molecule has 0 aromatic carbocycles. The SMILES string of the molecule is Cc1nc(C)c(C(=O)NC2CCC(CO)CC2)s1. The number of hydrogen-bond donors (Lipinski definition) is 2. The van der Waals surface area contributed by atoms with Gasteiger partial charge in [-0.15, -0.1) is 11.3 Å². The van der Waals surface area contributed by atoms with Crippen LogP contribution < -0.4 is 5.32 Å². The number of aryl methyl sites for hydroxylation is 2. The third-order valence-corrected chi connectivity index (χ3v) is 4.62. The number of carbonyl (C=O) groups excluding carboxylic acids is 1. The summed E-state index contributed by atoms with van der Waals surface area (Å²) in [5.74, 6) is 0.427. The molecule has 1 amide bonds. The number of thiazole rings is 1. The van der Waals surface area contributed by atoms with E-state index in [-0.39, 0.29) is 18.6 Å². The van der Waals surface area contributed by atoms with E-state index in [1.165, 1.54) is 11.3 Å². The van der Waals surface area contributed by atoms with Gasteiger partial charge in [0.25, 0.3) is 5.91 Å². The average Bonchev–Trinajstić information content (AvgIpc) is 2.69. The molecule has 1 saturated carbocycles. The minimum absolute atomic E-state index is 0.00514. The first-order valence-corrected chi connectivity index (χ1v) is 7.27. The second-order valence-electron chi connectivity index (χ2n) is 5.02. The van der Waals surface area contributed by atoms with Gasteiger partial charge in [-0.25, -0.2) is 4.98 Å². The van der Waals surface area contributed by atoms with Gasteiger partial charge in [0.05, 0.1) is 10.7 Å². The van der Waals surface area contributed by atoms with E-state index in [2.05, 4.69) is 10.3 Å². The zero-order valence-electron chi connectivity index (χ0n) is 10.9. The van der Waals surface area contributed by atoms with Gasteiger partial charge in [0.1, 0.15) is 4.88 Å². The molecule has 0 atom stereocenters. The van der Waals surface area contributed by atoms with Crippen LogP contribution in [0.5, 0.6) is 0 Å². The van der Waals surface area contributed by atoms with Crippen LogP contribution in [-0.2, 0) is 0 Å². The minimum atomic E-state index is 0.00514. The lowest BCUT2D eigenvalue weighted by molar-refractivity contribution is 0.0917. The summed E-state index contributed by atoms with van der Waals surface area (Å²) < 4.78 is 0. The van der Waals surface area contributed by atoms with E-state index >= 15 is 0 Å². The molecule has 0 spiro atoms. The standard InChI is InChI=1S/C13H20N2O2S/c1-8-12(18-9(2)14-8)13(17)15-11-5-3-10(7-16)4-6-11/h10-11,16H,3-7H2,1-2H3,(H,15,17). The highest BCUT2D eigenvalue weighted by Crippen LogP contribution is 2.24. The Morgan fingerprint density at radius 1 is 1.39 bits per heavy atom. The number of amides is 1. The number of aromatic nitrogens is 1. The summed E-state index contributed by atoms with van der Waals surface area (Å²) >= 11 is 1.45. The second kappa shape index (κ2) is 5.80. The van der Waals surface area contributed by atoms with Crippen LogP contribution in [0.1, 0.15) is 46.1 Å². The maximum absolute atomic E-state index is 12.1. The van der Waals surface area contributed by atoms with E-state index in [1.807, 2.05) is 13.8 Å². The lowest BCUT2D eigenvalue weighted by Crippen LogP contribution is -2.38. The summed E-state index contributed by atoms with van der Waals surface area (Å²) in [5, 5.41) is 13.1. The Balaban J connectivity index is 1.90. The van der Waals surface area contributed by atoms with Crippen LogP contribution in [0.15, 0.2) is 0 Å². The molecular formula is C13H20N2O2S. The third-order valence-electron chi connectivity index (χ3n) is 3.55. The van der Waals surface area contributed by atoms with Crippen molar-refractivity contribution in [1.29, 1.82) is 0 Å². The Morgan fingerprint density at radius 2 is 2.06 bits per heavy atom. The van der Waals surface area contributed by atoms with Crippen molar-refractivity contribution >= 4 is 17.2 Å². The molecule has 0 aliphatic heterocycles. The van der Waals surface area contributed by atoms with E-state index < -0.39 is 0 Å². The topological polar surface area (TPSA) is 62.2 Å². The molecule has 5 heteroatoms. The minimum Gasteiger partial charge on any atom is -0.396 e. The molecule has 0 saturated heterocycles. The zero-order chi connectivity index (χ0) is 13.1. The largest absolute Gasteiger partial charge is 0.396 e. The fraction of sp³-hybridized carbons (Fsp3) is 0.692. The number of hydrogen-bond acceptors (Lipinski definition) is 4. The van der Waals surface area contributed by atoms with Gasteiger partial charge in [-0.1, -0.05) is 0 Å². The van der Waals surface area contributed by atoms with Crippen molar-refractivity contribution in [3.63, 3.8) is 0 Å². The van der Waals surface area contributed by atoms with Crippen LogP contribution >= 0.6 is 11.3 Å². The summed E-state index contributed by atoms with van der Waals surface area (Å²) in [6, 6.07) is 0.252. The predicted octanol–water partition coefficient (Wildman–Crippen LogP) is 2.04. The van der Waals surface area contributed by atoms with Gasteiger partial charge in [-0.3, -0.25) is 4.79 Å². The first-order valence-electron chi connectivity index (χ1n) is 6.46. The van der Waals surface area contributed by atoms with Crippen LogP contribution in [0.3, 0.4) is 0 Å². The molecule has 1 aromatic rings. The molecular weight excluding hydrogens is 248 g/mol. The summed E-state index contributed by atoms with van der Waals surface area (Å²) in [6.45, 7) is 4.07. The van der Waals surface area contributed by atoms with Crippen LogP contribution in [0, 0.1) is 19.8 Å². The molecule has 1 fully saturated rings. The van der Waals surface area contributed by atoms with Gasteiger partial charge in [-0.2, -0.15) is 0 Å². The van der Waals surface area contributed by atoms with E-state index in [1.54, 1.807) is 0 Å². The molecule has 0 bridgehead atoms. The van der Waals surface area contributed by atoms with Gasteiger partial charge in [-0.05, 0) is 45.4 Å². The van der Waals surface area contributed by atoms with E-state index in [0.29, 0.717) is 5.92 Å². The smallest absolute Gasteiger partial charge is 0.263 e. The summed E-state index contributed by atoms with van der Waals surface area (Å²) in [4.78, 5) is 17.1. The highest BCUT2D eigenvalue weighted by molar-refractivity contribution is 7.13. The lowest BCUT2D eigenvalue weighted by Gasteiger charge is -2.27. The molecule has 100 valence electrons. The maximum atomic E-state index is 12.1. The Bertz CT molecular complexity index is 423. The van der Waals surface area contributed by atoms with E-state index in [9.17, 15) is 4.79 Å². The van der Waals surface area contributed by atoms with Crippen molar-refractivity contribution in [1.82, 2.24) is 10.3 Å². The fourth-order valence-electron chi connectivity index (χ4n) is 2.48. The molecule has 1 aliphatic carbocycles. The number of nitrogens with one attached hydrogen (secondary N) is 1. The zero-order valence-corrected chi connectivity index (χ0v) is 11.7. The molecule has 2 rings (SSSR count). The van der Waals surface area contributed by atoms with Gasteiger partial charge < -0.3 is 10.4 Å². The molecule has 1 heterocycles. The molecule has 1 aromatic heterocycles. The molecule has 1 aliphatic rings. The average molecular weight is 268 g/mol. The van der Waals surface area contributed by atoms with Gasteiger partial charge in [0, 0.05) is 12.6 Å². The predicted molar refractivity (Wildman–Crippen MR) is 71.9 cm³/mol. The Hall–Kier alpha value is -0.940. The molecule has 2 N–H and O–H groups in total. The Labute approximate surface area is 111 Å². The highest BCUT2D eigenvalue weighted by Gasteiger charge is 2.23. The number of carbonyl (C=O) groups is 1. The Morgan fingerprint density at radius 3 is 2.56 bits per heavy atom. The van der Waals surface area contributed by atoms with Crippen molar-refractivity contribution < 1.29 is 9.90 Å². The summed E-state index contributed by atoms with van der Waals surface area (Å²) in [6.07, 6.45) is 3.94. The first-order chi connectivity index (χ1) is 8.60. The normalized spacial score (nSPS) is 23.9. The van der Waals surface area contributed by atoms with Crippen LogP contribution in [0.25, 0.3) is 0 Å². The quantitative estimate of drug-likeness (QED) is 0.882. The summed E-state index contributed by atoms with van der Waals surface area (Å²) in [7, 11) is 0. The monoisotopic (exact) mass is 268 g/mol. The lowest BCUT2D eigenvalue weighted by atomic mass is 9.86. The van der Waals surface area contributed by atoms with Gasteiger partial charge >= 0.3 is 0 Å². The fourth-order valence-corrected chi connectivity index (χ4v) is 3.31. The van der Waals surface area contributed by atoms with Crippen molar-refractivity contribution in [3.8, 4) is 0 Å². The number of nitrogens with zero attached hydrogens (tertiary/aromatic N) is 1. The maximum Gasteiger partial charge on any atom is 0.263 e. The number of aliphatic hydroxyl groups is 1. The highest BCUT2D eigenvalue weighted by atomic mass is 32.1. The van der Waals surface area contributed by atoms with Crippen molar-refractivity contribution in [2.45, 2.75) is 45.6 Å². The van der Waals surface area contributed by atoms with Crippen LogP contribution in [-0.4, -0.2) is 28.6 Å². The van der Waals surface area contributed by atoms with Crippen LogP contribution in [0.4, 0.5) is 0 Å².